The number of alkyl carbamates (subject to hydrolysis) is 1. The molecular weight excluding hydrogens is 424 g/mol. The largest absolute Gasteiger partial charge is 0.479 e. The number of nitrogens with one attached hydrogen (secondary N) is 2. The van der Waals surface area contributed by atoms with Crippen molar-refractivity contribution in [3.05, 3.63) is 59.7 Å². The van der Waals surface area contributed by atoms with Gasteiger partial charge in [0, 0.05) is 18.4 Å². The van der Waals surface area contributed by atoms with Crippen LogP contribution in [-0.2, 0) is 14.3 Å². The highest BCUT2D eigenvalue weighted by Gasteiger charge is 2.37. The van der Waals surface area contributed by atoms with E-state index >= 15 is 0 Å². The highest BCUT2D eigenvalue weighted by molar-refractivity contribution is 5.87. The molecule has 2 aromatic carbocycles. The van der Waals surface area contributed by atoms with E-state index < -0.39 is 30.1 Å². The molecule has 1 atom stereocenters. The van der Waals surface area contributed by atoms with Crippen LogP contribution in [0.4, 0.5) is 4.79 Å². The number of carboxylic acid groups (broad SMARTS) is 1. The number of carbonyl (C=O) groups is 3. The van der Waals surface area contributed by atoms with Crippen molar-refractivity contribution in [2.75, 3.05) is 13.2 Å². The Morgan fingerprint density at radius 3 is 2.15 bits per heavy atom. The number of aliphatic hydroxyl groups excluding tert-OH is 1. The quantitative estimate of drug-likeness (QED) is 0.488. The first-order valence-electron chi connectivity index (χ1n) is 11.1. The fourth-order valence-corrected chi connectivity index (χ4v) is 4.61. The molecular formula is C25H28N2O6. The van der Waals surface area contributed by atoms with E-state index in [1.807, 2.05) is 24.3 Å². The number of carbonyl (C=O) groups excluding carboxylic acids is 2. The first kappa shape index (κ1) is 22.8. The van der Waals surface area contributed by atoms with Crippen LogP contribution in [0.5, 0.6) is 0 Å². The molecule has 2 aliphatic rings. The van der Waals surface area contributed by atoms with Crippen LogP contribution in [0.3, 0.4) is 0 Å². The van der Waals surface area contributed by atoms with Crippen LogP contribution in [0.2, 0.25) is 0 Å². The van der Waals surface area contributed by atoms with Crippen LogP contribution < -0.4 is 10.6 Å². The van der Waals surface area contributed by atoms with Crippen molar-refractivity contribution < 1.29 is 29.3 Å². The average molecular weight is 453 g/mol. The molecule has 4 N–H and O–H groups in total. The maximum absolute atomic E-state index is 12.4. The summed E-state index contributed by atoms with van der Waals surface area (Å²) in [5.74, 6) is -1.68. The van der Waals surface area contributed by atoms with Gasteiger partial charge >= 0.3 is 12.1 Å². The van der Waals surface area contributed by atoms with Crippen molar-refractivity contribution in [1.29, 1.82) is 0 Å². The standard InChI is InChI=1S/C25H28N2O6/c1-25(14-28,23(30)31)27-22(29)12-15-10-16(11-15)26-24(32)33-13-21-19-8-4-2-6-17(19)18-7-3-5-9-20(18)21/h2-9,15-16,21,28H,10-14H2,1H3,(H,26,32)(H,27,29)(H,30,31). The summed E-state index contributed by atoms with van der Waals surface area (Å²) in [5.41, 5.74) is 2.94. The summed E-state index contributed by atoms with van der Waals surface area (Å²) in [6.45, 7) is 0.813. The van der Waals surface area contributed by atoms with Crippen LogP contribution >= 0.6 is 0 Å². The lowest BCUT2D eigenvalue weighted by atomic mass is 9.78. The number of hydrogen-bond acceptors (Lipinski definition) is 5. The van der Waals surface area contributed by atoms with E-state index in [9.17, 15) is 19.5 Å². The number of rotatable bonds is 8. The number of carboxylic acids is 1. The van der Waals surface area contributed by atoms with Crippen molar-refractivity contribution in [3.8, 4) is 11.1 Å². The number of benzene rings is 2. The van der Waals surface area contributed by atoms with E-state index in [4.69, 9.17) is 9.84 Å². The topological polar surface area (TPSA) is 125 Å². The Hall–Kier alpha value is -3.39. The van der Waals surface area contributed by atoms with Gasteiger partial charge in [0.05, 0.1) is 6.61 Å². The normalized spacial score (nSPS) is 20.5. The van der Waals surface area contributed by atoms with Gasteiger partial charge in [-0.2, -0.15) is 0 Å². The van der Waals surface area contributed by atoms with E-state index in [-0.39, 0.29) is 30.9 Å². The SMILES string of the molecule is CC(CO)(NC(=O)CC1CC(NC(=O)OCC2c3ccccc3-c3ccccc32)C1)C(=O)O. The van der Waals surface area contributed by atoms with Crippen molar-refractivity contribution >= 4 is 18.0 Å². The molecule has 174 valence electrons. The van der Waals surface area contributed by atoms with Crippen LogP contribution in [0.25, 0.3) is 11.1 Å². The predicted octanol–water partition coefficient (Wildman–Crippen LogP) is 2.65. The molecule has 0 spiro atoms. The molecule has 1 saturated carbocycles. The van der Waals surface area contributed by atoms with Gasteiger partial charge in [0.15, 0.2) is 5.54 Å². The van der Waals surface area contributed by atoms with Gasteiger partial charge in [-0.3, -0.25) is 4.79 Å². The van der Waals surface area contributed by atoms with E-state index in [2.05, 4.69) is 34.9 Å². The fourth-order valence-electron chi connectivity index (χ4n) is 4.61. The number of amides is 2. The minimum atomic E-state index is -1.69. The molecule has 33 heavy (non-hydrogen) atoms. The third-order valence-electron chi connectivity index (χ3n) is 6.58. The highest BCUT2D eigenvalue weighted by atomic mass is 16.5. The maximum Gasteiger partial charge on any atom is 0.407 e. The van der Waals surface area contributed by atoms with E-state index in [0.29, 0.717) is 12.8 Å². The van der Waals surface area contributed by atoms with Gasteiger partial charge in [-0.25, -0.2) is 9.59 Å². The minimum absolute atomic E-state index is 0.00365. The van der Waals surface area contributed by atoms with Crippen LogP contribution in [0.15, 0.2) is 48.5 Å². The summed E-state index contributed by atoms with van der Waals surface area (Å²) >= 11 is 0. The van der Waals surface area contributed by atoms with Gasteiger partial charge in [0.1, 0.15) is 6.61 Å². The third-order valence-corrected chi connectivity index (χ3v) is 6.58. The van der Waals surface area contributed by atoms with Gasteiger partial charge in [-0.1, -0.05) is 48.5 Å². The number of aliphatic hydroxyl groups is 1. The Bertz CT molecular complexity index is 1020. The van der Waals surface area contributed by atoms with Crippen molar-refractivity contribution in [1.82, 2.24) is 10.6 Å². The zero-order valence-electron chi connectivity index (χ0n) is 18.4. The molecule has 1 fully saturated rings. The Morgan fingerprint density at radius 1 is 1.03 bits per heavy atom. The number of aliphatic carboxylic acids is 1. The zero-order valence-corrected chi connectivity index (χ0v) is 18.4. The van der Waals surface area contributed by atoms with E-state index in [1.54, 1.807) is 0 Å². The molecule has 1 unspecified atom stereocenters. The molecule has 0 aromatic heterocycles. The molecule has 2 amide bonds. The highest BCUT2D eigenvalue weighted by Crippen LogP contribution is 2.44. The Labute approximate surface area is 192 Å². The summed E-state index contributed by atoms with van der Waals surface area (Å²) in [7, 11) is 0. The molecule has 4 rings (SSSR count). The van der Waals surface area contributed by atoms with Crippen LogP contribution in [-0.4, -0.2) is 53.0 Å². The van der Waals surface area contributed by atoms with Crippen molar-refractivity contribution in [2.24, 2.45) is 5.92 Å². The molecule has 0 heterocycles. The molecule has 2 aliphatic carbocycles. The minimum Gasteiger partial charge on any atom is -0.479 e. The molecule has 0 saturated heterocycles. The van der Waals surface area contributed by atoms with Crippen molar-refractivity contribution in [2.45, 2.75) is 43.7 Å². The Morgan fingerprint density at radius 2 is 1.61 bits per heavy atom. The van der Waals surface area contributed by atoms with Crippen LogP contribution in [0, 0.1) is 5.92 Å². The van der Waals surface area contributed by atoms with Gasteiger partial charge in [-0.05, 0) is 47.9 Å². The summed E-state index contributed by atoms with van der Waals surface area (Å²) in [5, 5.41) is 23.6. The Kier molecular flexibility index (Phi) is 6.37. The summed E-state index contributed by atoms with van der Waals surface area (Å²) in [6.07, 6.45) is 0.885. The molecule has 0 aliphatic heterocycles. The zero-order chi connectivity index (χ0) is 23.6. The summed E-state index contributed by atoms with van der Waals surface area (Å²) in [4.78, 5) is 35.6. The predicted molar refractivity (Wildman–Crippen MR) is 121 cm³/mol. The lowest BCUT2D eigenvalue weighted by Crippen LogP contribution is -2.55. The van der Waals surface area contributed by atoms with Crippen molar-refractivity contribution in [3.63, 3.8) is 0 Å². The average Bonchev–Trinajstić information content (AvgIpc) is 3.09. The molecule has 8 heteroatoms. The second kappa shape index (κ2) is 9.23. The fraction of sp³-hybridized carbons (Fsp3) is 0.400. The first-order chi connectivity index (χ1) is 15.8. The number of ether oxygens (including phenoxy) is 1. The second-order valence-corrected chi connectivity index (χ2v) is 9.05. The number of fused-ring (bicyclic) bond motifs is 3. The summed E-state index contributed by atoms with van der Waals surface area (Å²) in [6, 6.07) is 16.2. The molecule has 2 aromatic rings. The van der Waals surface area contributed by atoms with E-state index in [1.165, 1.54) is 18.1 Å². The molecule has 0 radical (unpaired) electrons. The van der Waals surface area contributed by atoms with Gasteiger partial charge in [-0.15, -0.1) is 0 Å². The maximum atomic E-state index is 12.4. The lowest BCUT2D eigenvalue weighted by Gasteiger charge is -2.35. The first-order valence-corrected chi connectivity index (χ1v) is 11.1. The smallest absolute Gasteiger partial charge is 0.407 e. The van der Waals surface area contributed by atoms with Crippen LogP contribution in [0.1, 0.15) is 43.2 Å². The second-order valence-electron chi connectivity index (χ2n) is 9.05. The van der Waals surface area contributed by atoms with Gasteiger partial charge in [0.2, 0.25) is 5.91 Å². The Balaban J connectivity index is 1.23. The summed E-state index contributed by atoms with van der Waals surface area (Å²) < 4.78 is 5.55. The monoisotopic (exact) mass is 452 g/mol. The van der Waals surface area contributed by atoms with Gasteiger partial charge in [0.25, 0.3) is 0 Å². The number of hydrogen-bond donors (Lipinski definition) is 4. The lowest BCUT2D eigenvalue weighted by molar-refractivity contribution is -0.149. The third kappa shape index (κ3) is 4.71. The van der Waals surface area contributed by atoms with E-state index in [0.717, 1.165) is 11.1 Å². The molecule has 0 bridgehead atoms. The van der Waals surface area contributed by atoms with Gasteiger partial charge < -0.3 is 25.6 Å². The molecule has 8 nitrogen and oxygen atoms in total.